The van der Waals surface area contributed by atoms with Crippen LogP contribution in [-0.2, 0) is 11.3 Å². The molecule has 0 bridgehead atoms. The number of aromatic nitrogens is 4. The number of carbonyl (C=O) groups excluding carboxylic acids is 1. The van der Waals surface area contributed by atoms with Gasteiger partial charge in [0, 0.05) is 24.3 Å². The van der Waals surface area contributed by atoms with Gasteiger partial charge in [-0.25, -0.2) is 0 Å². The molecule has 0 N–H and O–H groups in total. The minimum Gasteiger partial charge on any atom is -0.426 e. The molecule has 1 saturated heterocycles. The van der Waals surface area contributed by atoms with Crippen LogP contribution in [0.1, 0.15) is 39.2 Å². The van der Waals surface area contributed by atoms with Crippen LogP contribution in [0.4, 0.5) is 5.69 Å². The van der Waals surface area contributed by atoms with Crippen LogP contribution in [0.15, 0.2) is 48.5 Å². The monoisotopic (exact) mass is 405 g/mol. The van der Waals surface area contributed by atoms with Gasteiger partial charge < -0.3 is 9.64 Å². The van der Waals surface area contributed by atoms with E-state index in [0.717, 1.165) is 24.2 Å². The van der Waals surface area contributed by atoms with Gasteiger partial charge in [-0.05, 0) is 80.8 Å². The second-order valence-corrected chi connectivity index (χ2v) is 8.67. The highest BCUT2D eigenvalue weighted by atomic mass is 16.5. The average molecular weight is 406 g/mol. The van der Waals surface area contributed by atoms with Crippen molar-refractivity contribution in [3.63, 3.8) is 0 Å². The zero-order valence-corrected chi connectivity index (χ0v) is 17.7. The molecule has 1 fully saturated rings. The van der Waals surface area contributed by atoms with Crippen molar-refractivity contribution in [3.05, 3.63) is 54.1 Å². The summed E-state index contributed by atoms with van der Waals surface area (Å²) in [4.78, 5) is 16.0. The Bertz CT molecular complexity index is 997. The second-order valence-electron chi connectivity index (χ2n) is 8.67. The summed E-state index contributed by atoms with van der Waals surface area (Å²) in [6.45, 7) is 8.32. The quantitative estimate of drug-likeness (QED) is 0.473. The Labute approximate surface area is 176 Å². The van der Waals surface area contributed by atoms with E-state index in [2.05, 4.69) is 44.6 Å². The summed E-state index contributed by atoms with van der Waals surface area (Å²) < 4.78 is 5.40. The maximum Gasteiger partial charge on any atom is 0.316 e. The lowest BCUT2D eigenvalue weighted by atomic mass is 9.97. The lowest BCUT2D eigenvalue weighted by molar-refractivity contribution is -0.142. The highest BCUT2D eigenvalue weighted by molar-refractivity contribution is 5.78. The Balaban J connectivity index is 1.39. The van der Waals surface area contributed by atoms with E-state index >= 15 is 0 Å². The van der Waals surface area contributed by atoms with E-state index in [9.17, 15) is 4.79 Å². The maximum absolute atomic E-state index is 12.0. The van der Waals surface area contributed by atoms with E-state index < -0.39 is 5.41 Å². The Morgan fingerprint density at radius 2 is 1.67 bits per heavy atom. The van der Waals surface area contributed by atoms with Crippen LogP contribution in [0, 0.1) is 5.41 Å². The molecule has 0 amide bonds. The first-order valence-corrected chi connectivity index (χ1v) is 10.3. The molecule has 156 valence electrons. The predicted octanol–water partition coefficient (Wildman–Crippen LogP) is 3.94. The van der Waals surface area contributed by atoms with Gasteiger partial charge in [0.2, 0.25) is 5.82 Å². The van der Waals surface area contributed by atoms with E-state index in [1.165, 1.54) is 18.5 Å². The van der Waals surface area contributed by atoms with Crippen molar-refractivity contribution in [2.75, 3.05) is 18.0 Å². The van der Waals surface area contributed by atoms with Gasteiger partial charge >= 0.3 is 5.97 Å². The number of tetrazole rings is 1. The molecule has 2 heterocycles. The highest BCUT2D eigenvalue weighted by Gasteiger charge is 2.23. The van der Waals surface area contributed by atoms with E-state index in [-0.39, 0.29) is 5.97 Å². The number of nitrogens with zero attached hydrogens (tertiary/aromatic N) is 5. The Kier molecular flexibility index (Phi) is 5.53. The van der Waals surface area contributed by atoms with Crippen molar-refractivity contribution in [2.24, 2.45) is 5.41 Å². The first kappa shape index (κ1) is 20.1. The number of esters is 1. The van der Waals surface area contributed by atoms with Crippen LogP contribution in [0.25, 0.3) is 11.4 Å². The zero-order chi connectivity index (χ0) is 21.1. The molecule has 0 unspecified atom stereocenters. The van der Waals surface area contributed by atoms with Crippen molar-refractivity contribution in [3.8, 4) is 17.1 Å². The van der Waals surface area contributed by atoms with Gasteiger partial charge in [0.05, 0.1) is 12.0 Å². The predicted molar refractivity (Wildman–Crippen MR) is 115 cm³/mol. The minimum atomic E-state index is -0.546. The number of ether oxygens (including phenoxy) is 1. The molecule has 0 spiro atoms. The van der Waals surface area contributed by atoms with E-state index in [0.29, 0.717) is 18.1 Å². The fourth-order valence-electron chi connectivity index (χ4n) is 3.31. The molecule has 3 aromatic rings. The average Bonchev–Trinajstić information content (AvgIpc) is 3.41. The van der Waals surface area contributed by atoms with Crippen LogP contribution in [-0.4, -0.2) is 39.3 Å². The first-order chi connectivity index (χ1) is 14.4. The third-order valence-corrected chi connectivity index (χ3v) is 5.12. The standard InChI is InChI=1S/C23H27N5O2/c1-23(2,3)22(29)30-20-12-8-18(9-13-20)21-24-26-28(25-21)16-17-6-10-19(11-7-17)27-14-4-5-15-27/h6-13H,4-5,14-16H2,1-3H3. The Morgan fingerprint density at radius 3 is 2.30 bits per heavy atom. The van der Waals surface area contributed by atoms with Crippen molar-refractivity contribution in [1.29, 1.82) is 0 Å². The fraction of sp³-hybridized carbons (Fsp3) is 0.391. The Hall–Kier alpha value is -3.22. The van der Waals surface area contributed by atoms with Gasteiger partial charge in [-0.1, -0.05) is 12.1 Å². The summed E-state index contributed by atoms with van der Waals surface area (Å²) in [5, 5.41) is 12.8. The van der Waals surface area contributed by atoms with Crippen LogP contribution >= 0.6 is 0 Å². The molecule has 0 aliphatic carbocycles. The summed E-state index contributed by atoms with van der Waals surface area (Å²) >= 11 is 0. The molecule has 30 heavy (non-hydrogen) atoms. The molecule has 4 rings (SSSR count). The molecule has 0 atom stereocenters. The fourth-order valence-corrected chi connectivity index (χ4v) is 3.31. The molecule has 1 aromatic heterocycles. The minimum absolute atomic E-state index is 0.268. The highest BCUT2D eigenvalue weighted by Crippen LogP contribution is 2.23. The molecule has 1 aliphatic rings. The molecular formula is C23H27N5O2. The number of anilines is 1. The lowest BCUT2D eigenvalue weighted by Crippen LogP contribution is -2.25. The van der Waals surface area contributed by atoms with Gasteiger partial charge in [0.15, 0.2) is 0 Å². The van der Waals surface area contributed by atoms with Crippen molar-refractivity contribution < 1.29 is 9.53 Å². The summed E-state index contributed by atoms with van der Waals surface area (Å²) in [5.74, 6) is 0.775. The molecule has 7 heteroatoms. The van der Waals surface area contributed by atoms with E-state index in [1.807, 2.05) is 32.9 Å². The topological polar surface area (TPSA) is 73.1 Å². The van der Waals surface area contributed by atoms with Gasteiger partial charge in [0.1, 0.15) is 5.75 Å². The maximum atomic E-state index is 12.0. The molecule has 7 nitrogen and oxygen atoms in total. The van der Waals surface area contributed by atoms with Crippen molar-refractivity contribution >= 4 is 11.7 Å². The summed E-state index contributed by atoms with van der Waals surface area (Å²) in [6.07, 6.45) is 2.54. The van der Waals surface area contributed by atoms with Gasteiger partial charge in [-0.3, -0.25) is 4.79 Å². The summed E-state index contributed by atoms with van der Waals surface area (Å²) in [6, 6.07) is 15.7. The van der Waals surface area contributed by atoms with E-state index in [1.54, 1.807) is 16.9 Å². The zero-order valence-electron chi connectivity index (χ0n) is 17.7. The van der Waals surface area contributed by atoms with Crippen LogP contribution in [0.2, 0.25) is 0 Å². The van der Waals surface area contributed by atoms with Crippen molar-refractivity contribution in [1.82, 2.24) is 20.2 Å². The van der Waals surface area contributed by atoms with Gasteiger partial charge in [-0.2, -0.15) is 4.80 Å². The normalized spacial score (nSPS) is 14.2. The molecule has 0 radical (unpaired) electrons. The third kappa shape index (κ3) is 4.67. The molecule has 2 aromatic carbocycles. The third-order valence-electron chi connectivity index (χ3n) is 5.12. The smallest absolute Gasteiger partial charge is 0.316 e. The number of rotatable bonds is 5. The van der Waals surface area contributed by atoms with Gasteiger partial charge in [-0.15, -0.1) is 10.2 Å². The lowest BCUT2D eigenvalue weighted by Gasteiger charge is -2.17. The van der Waals surface area contributed by atoms with Crippen LogP contribution in [0.3, 0.4) is 0 Å². The first-order valence-electron chi connectivity index (χ1n) is 10.3. The van der Waals surface area contributed by atoms with Crippen LogP contribution < -0.4 is 9.64 Å². The molecule has 1 aliphatic heterocycles. The van der Waals surface area contributed by atoms with Gasteiger partial charge in [0.25, 0.3) is 0 Å². The summed E-state index contributed by atoms with van der Waals surface area (Å²) in [5.41, 5.74) is 2.68. The number of carbonyl (C=O) groups is 1. The van der Waals surface area contributed by atoms with Crippen LogP contribution in [0.5, 0.6) is 5.75 Å². The largest absolute Gasteiger partial charge is 0.426 e. The number of benzene rings is 2. The second kappa shape index (κ2) is 8.26. The van der Waals surface area contributed by atoms with E-state index in [4.69, 9.17) is 4.74 Å². The van der Waals surface area contributed by atoms with Crippen molar-refractivity contribution in [2.45, 2.75) is 40.2 Å². The number of hydrogen-bond acceptors (Lipinski definition) is 6. The number of hydrogen-bond donors (Lipinski definition) is 0. The Morgan fingerprint density at radius 1 is 1.00 bits per heavy atom. The summed E-state index contributed by atoms with van der Waals surface area (Å²) in [7, 11) is 0. The SMILES string of the molecule is CC(C)(C)C(=O)Oc1ccc(-c2nnn(Cc3ccc(N4CCCC4)cc3)n2)cc1. The molecule has 0 saturated carbocycles. The molecular weight excluding hydrogens is 378 g/mol.